The third-order valence-corrected chi connectivity index (χ3v) is 2.61. The van der Waals surface area contributed by atoms with E-state index in [1.165, 1.54) is 13.2 Å². The van der Waals surface area contributed by atoms with Crippen molar-refractivity contribution in [2.75, 3.05) is 20.3 Å². The van der Waals surface area contributed by atoms with Gasteiger partial charge in [-0.15, -0.1) is 0 Å². The van der Waals surface area contributed by atoms with Crippen molar-refractivity contribution >= 4 is 15.9 Å². The molecule has 1 aromatic carbocycles. The van der Waals surface area contributed by atoms with Gasteiger partial charge in [0.1, 0.15) is 17.7 Å². The predicted octanol–water partition coefficient (Wildman–Crippen LogP) is 2.37. The van der Waals surface area contributed by atoms with E-state index in [0.29, 0.717) is 29.2 Å². The SMILES string of the molecule is COc1c(F)cc2c(c1Br)OCCO2. The molecule has 1 aliphatic heterocycles. The van der Waals surface area contributed by atoms with E-state index in [4.69, 9.17) is 14.2 Å². The average molecular weight is 263 g/mol. The lowest BCUT2D eigenvalue weighted by Gasteiger charge is -2.20. The van der Waals surface area contributed by atoms with Crippen LogP contribution in [0.25, 0.3) is 0 Å². The molecule has 1 aromatic rings. The van der Waals surface area contributed by atoms with Crippen LogP contribution < -0.4 is 14.2 Å². The van der Waals surface area contributed by atoms with Crippen molar-refractivity contribution in [3.63, 3.8) is 0 Å². The molecule has 0 radical (unpaired) electrons. The van der Waals surface area contributed by atoms with Crippen molar-refractivity contribution in [2.45, 2.75) is 0 Å². The molecule has 0 bridgehead atoms. The third-order valence-electron chi connectivity index (χ3n) is 1.89. The zero-order chi connectivity index (χ0) is 10.1. The first-order valence-corrected chi connectivity index (χ1v) is 4.85. The summed E-state index contributed by atoms with van der Waals surface area (Å²) in [5.74, 6) is 0.564. The Kier molecular flexibility index (Phi) is 2.50. The van der Waals surface area contributed by atoms with E-state index in [-0.39, 0.29) is 5.75 Å². The van der Waals surface area contributed by atoms with Crippen LogP contribution in [0.3, 0.4) is 0 Å². The largest absolute Gasteiger partial charge is 0.492 e. The van der Waals surface area contributed by atoms with E-state index >= 15 is 0 Å². The van der Waals surface area contributed by atoms with Crippen molar-refractivity contribution in [3.05, 3.63) is 16.4 Å². The first kappa shape index (κ1) is 9.58. The van der Waals surface area contributed by atoms with E-state index in [1.54, 1.807) is 0 Å². The summed E-state index contributed by atoms with van der Waals surface area (Å²) >= 11 is 3.21. The summed E-state index contributed by atoms with van der Waals surface area (Å²) in [6, 6.07) is 1.26. The molecule has 0 spiro atoms. The van der Waals surface area contributed by atoms with E-state index in [9.17, 15) is 4.39 Å². The maximum Gasteiger partial charge on any atom is 0.179 e. The molecular weight excluding hydrogens is 255 g/mol. The monoisotopic (exact) mass is 262 g/mol. The first-order chi connectivity index (χ1) is 6.74. The predicted molar refractivity (Wildman–Crippen MR) is 51.6 cm³/mol. The van der Waals surface area contributed by atoms with Crippen molar-refractivity contribution < 1.29 is 18.6 Å². The van der Waals surface area contributed by atoms with Crippen LogP contribution in [-0.4, -0.2) is 20.3 Å². The van der Waals surface area contributed by atoms with Gasteiger partial charge in [-0.2, -0.15) is 0 Å². The van der Waals surface area contributed by atoms with Gasteiger partial charge >= 0.3 is 0 Å². The van der Waals surface area contributed by atoms with E-state index < -0.39 is 5.82 Å². The number of ether oxygens (including phenoxy) is 3. The van der Waals surface area contributed by atoms with Crippen molar-refractivity contribution in [2.24, 2.45) is 0 Å². The minimum absolute atomic E-state index is 0.134. The number of methoxy groups -OCH3 is 1. The summed E-state index contributed by atoms with van der Waals surface area (Å²) in [7, 11) is 1.40. The van der Waals surface area contributed by atoms with Crippen molar-refractivity contribution in [3.8, 4) is 17.2 Å². The lowest BCUT2D eigenvalue weighted by Crippen LogP contribution is -2.16. The molecule has 76 valence electrons. The van der Waals surface area contributed by atoms with Crippen LogP contribution in [0.1, 0.15) is 0 Å². The van der Waals surface area contributed by atoms with Crippen LogP contribution in [0.4, 0.5) is 4.39 Å². The maximum atomic E-state index is 13.3. The van der Waals surface area contributed by atoms with E-state index in [0.717, 1.165) is 0 Å². The number of rotatable bonds is 1. The molecule has 0 amide bonds. The molecule has 0 N–H and O–H groups in total. The molecule has 14 heavy (non-hydrogen) atoms. The van der Waals surface area contributed by atoms with Crippen LogP contribution >= 0.6 is 15.9 Å². The molecule has 0 saturated carbocycles. The second-order valence-corrected chi connectivity index (χ2v) is 3.52. The van der Waals surface area contributed by atoms with E-state index in [2.05, 4.69) is 15.9 Å². The third kappa shape index (κ3) is 1.41. The lowest BCUT2D eigenvalue weighted by molar-refractivity contribution is 0.168. The molecule has 2 rings (SSSR count). The molecule has 3 nitrogen and oxygen atoms in total. The smallest absolute Gasteiger partial charge is 0.179 e. The molecule has 1 heterocycles. The zero-order valence-electron chi connectivity index (χ0n) is 7.47. The highest BCUT2D eigenvalue weighted by molar-refractivity contribution is 9.10. The second kappa shape index (κ2) is 3.65. The van der Waals surface area contributed by atoms with E-state index in [1.807, 2.05) is 0 Å². The van der Waals surface area contributed by atoms with Gasteiger partial charge in [-0.25, -0.2) is 4.39 Å². The average Bonchev–Trinajstić information content (AvgIpc) is 2.18. The maximum absolute atomic E-state index is 13.3. The summed E-state index contributed by atoms with van der Waals surface area (Å²) in [5.41, 5.74) is 0. The normalized spacial score (nSPS) is 13.9. The fourth-order valence-corrected chi connectivity index (χ4v) is 1.95. The highest BCUT2D eigenvalue weighted by Crippen LogP contribution is 2.44. The Morgan fingerprint density at radius 1 is 1.43 bits per heavy atom. The number of fused-ring (bicyclic) bond motifs is 1. The molecule has 0 fully saturated rings. The molecule has 0 unspecified atom stereocenters. The molecular formula is C9H8BrFO3. The quantitative estimate of drug-likeness (QED) is 0.778. The number of halogens is 2. The highest BCUT2D eigenvalue weighted by atomic mass is 79.9. The molecule has 0 aromatic heterocycles. The van der Waals surface area contributed by atoms with Gasteiger partial charge < -0.3 is 14.2 Å². The standard InChI is InChI=1S/C9H8BrFO3/c1-12-8-5(11)4-6-9(7(8)10)14-3-2-13-6/h4H,2-3H2,1H3. The van der Waals surface area contributed by atoms with Crippen LogP contribution in [0.5, 0.6) is 17.2 Å². The Morgan fingerprint density at radius 3 is 2.86 bits per heavy atom. The Bertz CT molecular complexity index is 368. The van der Waals surface area contributed by atoms with Crippen molar-refractivity contribution in [1.29, 1.82) is 0 Å². The van der Waals surface area contributed by atoms with Gasteiger partial charge in [-0.3, -0.25) is 0 Å². The zero-order valence-corrected chi connectivity index (χ0v) is 9.06. The van der Waals surface area contributed by atoms with Crippen LogP contribution in [-0.2, 0) is 0 Å². The minimum atomic E-state index is -0.469. The van der Waals surface area contributed by atoms with Gasteiger partial charge in [0.2, 0.25) is 0 Å². The number of hydrogen-bond donors (Lipinski definition) is 0. The van der Waals surface area contributed by atoms with Crippen LogP contribution in [0, 0.1) is 5.82 Å². The van der Waals surface area contributed by atoms with Crippen LogP contribution in [0.15, 0.2) is 10.5 Å². The first-order valence-electron chi connectivity index (χ1n) is 4.05. The van der Waals surface area contributed by atoms with Gasteiger partial charge in [-0.05, 0) is 15.9 Å². The Hall–Kier alpha value is -0.970. The highest BCUT2D eigenvalue weighted by Gasteiger charge is 2.22. The molecule has 0 aliphatic carbocycles. The fourth-order valence-electron chi connectivity index (χ4n) is 1.29. The summed E-state index contributed by atoms with van der Waals surface area (Å²) < 4.78 is 29.3. The minimum Gasteiger partial charge on any atom is -0.492 e. The summed E-state index contributed by atoms with van der Waals surface area (Å²) in [6.45, 7) is 0.894. The Balaban J connectivity index is 2.57. The van der Waals surface area contributed by atoms with Gasteiger partial charge in [0.15, 0.2) is 23.1 Å². The number of hydrogen-bond acceptors (Lipinski definition) is 3. The fraction of sp³-hybridized carbons (Fsp3) is 0.333. The summed E-state index contributed by atoms with van der Waals surface area (Å²) in [6.07, 6.45) is 0. The van der Waals surface area contributed by atoms with Crippen LogP contribution in [0.2, 0.25) is 0 Å². The topological polar surface area (TPSA) is 27.7 Å². The molecule has 5 heteroatoms. The lowest BCUT2D eigenvalue weighted by atomic mass is 10.2. The van der Waals surface area contributed by atoms with Crippen molar-refractivity contribution in [1.82, 2.24) is 0 Å². The Labute approximate surface area is 88.9 Å². The van der Waals surface area contributed by atoms with Gasteiger partial charge in [0, 0.05) is 6.07 Å². The molecule has 0 atom stereocenters. The number of benzene rings is 1. The van der Waals surface area contributed by atoms with Gasteiger partial charge in [0.05, 0.1) is 7.11 Å². The Morgan fingerprint density at radius 2 is 2.14 bits per heavy atom. The molecule has 1 aliphatic rings. The van der Waals surface area contributed by atoms with Gasteiger partial charge in [-0.1, -0.05) is 0 Å². The summed E-state index contributed by atoms with van der Waals surface area (Å²) in [4.78, 5) is 0. The summed E-state index contributed by atoms with van der Waals surface area (Å²) in [5, 5.41) is 0. The molecule has 0 saturated heterocycles. The second-order valence-electron chi connectivity index (χ2n) is 2.73. The van der Waals surface area contributed by atoms with Gasteiger partial charge in [0.25, 0.3) is 0 Å².